The van der Waals surface area contributed by atoms with E-state index in [1.807, 2.05) is 31.2 Å². The molecule has 1 amide bonds. The van der Waals surface area contributed by atoms with Crippen molar-refractivity contribution < 1.29 is 14.7 Å². The summed E-state index contributed by atoms with van der Waals surface area (Å²) in [5.74, 6) is -1.01. The fraction of sp³-hybridized carbons (Fsp3) is 0.176. The van der Waals surface area contributed by atoms with Crippen LogP contribution in [0.15, 0.2) is 48.5 Å². The number of carboxylic acids is 1. The van der Waals surface area contributed by atoms with Crippen molar-refractivity contribution in [3.63, 3.8) is 0 Å². The molecule has 0 aromatic heterocycles. The van der Waals surface area contributed by atoms with Crippen LogP contribution < -0.4 is 5.32 Å². The topological polar surface area (TPSA) is 66.4 Å². The van der Waals surface area contributed by atoms with Crippen LogP contribution in [0.4, 0.5) is 0 Å². The number of carbonyl (C=O) groups excluding carboxylic acids is 1. The first-order valence-corrected chi connectivity index (χ1v) is 6.69. The van der Waals surface area contributed by atoms with Crippen molar-refractivity contribution in [1.82, 2.24) is 5.32 Å². The Bertz CT molecular complexity index is 647. The standard InChI is InChI=1S/C17H17NO3/c1-12-3-2-4-14(9-12)10-16(19)18-11-13-5-7-15(8-6-13)17(20)21/h2-9H,10-11H2,1H3,(H,18,19)(H,20,21). The predicted molar refractivity (Wildman–Crippen MR) is 80.1 cm³/mol. The number of benzene rings is 2. The summed E-state index contributed by atoms with van der Waals surface area (Å²) in [4.78, 5) is 22.6. The lowest BCUT2D eigenvalue weighted by atomic mass is 10.1. The third kappa shape index (κ3) is 4.45. The van der Waals surface area contributed by atoms with Gasteiger partial charge in [0.2, 0.25) is 5.91 Å². The van der Waals surface area contributed by atoms with Crippen LogP contribution >= 0.6 is 0 Å². The van der Waals surface area contributed by atoms with E-state index < -0.39 is 5.97 Å². The molecule has 0 atom stereocenters. The Balaban J connectivity index is 1.87. The summed E-state index contributed by atoms with van der Waals surface area (Å²) in [5.41, 5.74) is 3.22. The summed E-state index contributed by atoms with van der Waals surface area (Å²) in [6.07, 6.45) is 0.342. The highest BCUT2D eigenvalue weighted by Crippen LogP contribution is 2.06. The second kappa shape index (κ2) is 6.70. The van der Waals surface area contributed by atoms with Gasteiger partial charge in [-0.15, -0.1) is 0 Å². The molecule has 108 valence electrons. The van der Waals surface area contributed by atoms with Crippen LogP contribution in [-0.4, -0.2) is 17.0 Å². The van der Waals surface area contributed by atoms with Gasteiger partial charge < -0.3 is 10.4 Å². The molecule has 2 aromatic rings. The Kier molecular flexibility index (Phi) is 4.72. The molecule has 0 aliphatic carbocycles. The van der Waals surface area contributed by atoms with Crippen LogP contribution in [0, 0.1) is 6.92 Å². The highest BCUT2D eigenvalue weighted by Gasteiger charge is 2.05. The number of aromatic carboxylic acids is 1. The summed E-state index contributed by atoms with van der Waals surface area (Å²) in [6, 6.07) is 14.3. The van der Waals surface area contributed by atoms with E-state index in [9.17, 15) is 9.59 Å². The van der Waals surface area contributed by atoms with Gasteiger partial charge in [-0.1, -0.05) is 42.0 Å². The van der Waals surface area contributed by atoms with E-state index in [4.69, 9.17) is 5.11 Å². The quantitative estimate of drug-likeness (QED) is 0.886. The summed E-state index contributed by atoms with van der Waals surface area (Å²) in [6.45, 7) is 2.38. The van der Waals surface area contributed by atoms with Crippen LogP contribution in [0.5, 0.6) is 0 Å². The maximum Gasteiger partial charge on any atom is 0.335 e. The SMILES string of the molecule is Cc1cccc(CC(=O)NCc2ccc(C(=O)O)cc2)c1. The first-order chi connectivity index (χ1) is 10.0. The zero-order valence-electron chi connectivity index (χ0n) is 11.8. The Hall–Kier alpha value is -2.62. The molecule has 0 aliphatic rings. The number of nitrogens with one attached hydrogen (secondary N) is 1. The van der Waals surface area contributed by atoms with Gasteiger partial charge in [-0.3, -0.25) is 4.79 Å². The molecule has 0 aliphatic heterocycles. The van der Waals surface area contributed by atoms with Gasteiger partial charge in [0.05, 0.1) is 12.0 Å². The molecule has 0 bridgehead atoms. The van der Waals surface area contributed by atoms with Gasteiger partial charge in [0.1, 0.15) is 0 Å². The number of carboxylic acid groups (broad SMARTS) is 1. The van der Waals surface area contributed by atoms with Crippen molar-refractivity contribution in [3.05, 3.63) is 70.8 Å². The number of hydrogen-bond donors (Lipinski definition) is 2. The maximum atomic E-state index is 11.9. The minimum absolute atomic E-state index is 0.0529. The van der Waals surface area contributed by atoms with Crippen molar-refractivity contribution >= 4 is 11.9 Å². The molecule has 4 nitrogen and oxygen atoms in total. The summed E-state index contributed by atoms with van der Waals surface area (Å²) >= 11 is 0. The highest BCUT2D eigenvalue weighted by atomic mass is 16.4. The van der Waals surface area contributed by atoms with Crippen LogP contribution in [-0.2, 0) is 17.8 Å². The van der Waals surface area contributed by atoms with E-state index >= 15 is 0 Å². The first-order valence-electron chi connectivity index (χ1n) is 6.69. The smallest absolute Gasteiger partial charge is 0.335 e. The molecule has 4 heteroatoms. The minimum Gasteiger partial charge on any atom is -0.478 e. The second-order valence-electron chi connectivity index (χ2n) is 4.94. The molecular weight excluding hydrogens is 266 g/mol. The maximum absolute atomic E-state index is 11.9. The van der Waals surface area contributed by atoms with Crippen molar-refractivity contribution in [2.45, 2.75) is 19.9 Å². The molecule has 0 unspecified atom stereocenters. The Morgan fingerprint density at radius 3 is 2.38 bits per heavy atom. The van der Waals surface area contributed by atoms with E-state index in [1.54, 1.807) is 12.1 Å². The van der Waals surface area contributed by atoms with Gasteiger partial charge in [-0.05, 0) is 30.2 Å². The van der Waals surface area contributed by atoms with Gasteiger partial charge in [-0.25, -0.2) is 4.79 Å². The average Bonchev–Trinajstić information content (AvgIpc) is 2.45. The van der Waals surface area contributed by atoms with E-state index in [0.29, 0.717) is 13.0 Å². The van der Waals surface area contributed by atoms with Crippen molar-refractivity contribution in [2.75, 3.05) is 0 Å². The normalized spacial score (nSPS) is 10.1. The third-order valence-electron chi connectivity index (χ3n) is 3.14. The average molecular weight is 283 g/mol. The van der Waals surface area contributed by atoms with Crippen LogP contribution in [0.2, 0.25) is 0 Å². The molecule has 0 saturated carbocycles. The van der Waals surface area contributed by atoms with Crippen LogP contribution in [0.3, 0.4) is 0 Å². The summed E-state index contributed by atoms with van der Waals surface area (Å²) in [7, 11) is 0. The fourth-order valence-corrected chi connectivity index (χ4v) is 2.04. The van der Waals surface area contributed by atoms with Crippen LogP contribution in [0.1, 0.15) is 27.0 Å². The number of hydrogen-bond acceptors (Lipinski definition) is 2. The second-order valence-corrected chi connectivity index (χ2v) is 4.94. The molecule has 21 heavy (non-hydrogen) atoms. The lowest BCUT2D eigenvalue weighted by molar-refractivity contribution is -0.120. The number of rotatable bonds is 5. The van der Waals surface area contributed by atoms with Gasteiger partial charge in [0.25, 0.3) is 0 Å². The number of aryl methyl sites for hydroxylation is 1. The van der Waals surface area contributed by atoms with E-state index in [0.717, 1.165) is 16.7 Å². The van der Waals surface area contributed by atoms with Crippen LogP contribution in [0.25, 0.3) is 0 Å². The van der Waals surface area contributed by atoms with E-state index in [1.165, 1.54) is 12.1 Å². The lowest BCUT2D eigenvalue weighted by Gasteiger charge is -2.06. The molecule has 0 saturated heterocycles. The van der Waals surface area contributed by atoms with Crippen molar-refractivity contribution in [1.29, 1.82) is 0 Å². The molecular formula is C17H17NO3. The minimum atomic E-state index is -0.954. The fourth-order valence-electron chi connectivity index (χ4n) is 2.04. The first kappa shape index (κ1) is 14.8. The van der Waals surface area contributed by atoms with E-state index in [-0.39, 0.29) is 11.5 Å². The summed E-state index contributed by atoms with van der Waals surface area (Å²) in [5, 5.41) is 11.6. The molecule has 2 rings (SSSR count). The zero-order chi connectivity index (χ0) is 15.2. The highest BCUT2D eigenvalue weighted by molar-refractivity contribution is 5.87. The van der Waals surface area contributed by atoms with Crippen molar-refractivity contribution in [2.24, 2.45) is 0 Å². The van der Waals surface area contributed by atoms with Crippen molar-refractivity contribution in [3.8, 4) is 0 Å². The largest absolute Gasteiger partial charge is 0.478 e. The lowest BCUT2D eigenvalue weighted by Crippen LogP contribution is -2.24. The van der Waals surface area contributed by atoms with Gasteiger partial charge in [0.15, 0.2) is 0 Å². The number of carbonyl (C=O) groups is 2. The third-order valence-corrected chi connectivity index (χ3v) is 3.14. The van der Waals surface area contributed by atoms with Gasteiger partial charge >= 0.3 is 5.97 Å². The number of amides is 1. The van der Waals surface area contributed by atoms with Gasteiger partial charge in [0, 0.05) is 6.54 Å². The Morgan fingerprint density at radius 1 is 1.05 bits per heavy atom. The monoisotopic (exact) mass is 283 g/mol. The zero-order valence-corrected chi connectivity index (χ0v) is 11.8. The Labute approximate surface area is 123 Å². The predicted octanol–water partition coefficient (Wildman–Crippen LogP) is 2.55. The van der Waals surface area contributed by atoms with Gasteiger partial charge in [-0.2, -0.15) is 0 Å². The molecule has 2 N–H and O–H groups in total. The molecule has 0 radical (unpaired) electrons. The summed E-state index contributed by atoms with van der Waals surface area (Å²) < 4.78 is 0. The molecule has 0 spiro atoms. The molecule has 2 aromatic carbocycles. The Morgan fingerprint density at radius 2 is 1.76 bits per heavy atom. The molecule has 0 fully saturated rings. The molecule has 0 heterocycles. The van der Waals surface area contributed by atoms with E-state index in [2.05, 4.69) is 5.32 Å².